The number of ether oxygens (including phenoxy) is 1. The van der Waals surface area contributed by atoms with Crippen molar-refractivity contribution in [2.45, 2.75) is 44.9 Å². The van der Waals surface area contributed by atoms with Gasteiger partial charge in [-0.25, -0.2) is 13.1 Å². The number of sulfonamides is 1. The molecule has 0 saturated carbocycles. The fraction of sp³-hybridized carbons (Fsp3) is 0.562. The van der Waals surface area contributed by atoms with E-state index in [2.05, 4.69) is 10.0 Å². The van der Waals surface area contributed by atoms with Crippen LogP contribution >= 0.6 is 0 Å². The van der Waals surface area contributed by atoms with E-state index in [4.69, 9.17) is 4.74 Å². The van der Waals surface area contributed by atoms with Crippen LogP contribution in [-0.4, -0.2) is 34.0 Å². The smallest absolute Gasteiger partial charge is 0.240 e. The highest BCUT2D eigenvalue weighted by Gasteiger charge is 2.14. The molecule has 0 radical (unpaired) electrons. The molecule has 1 rings (SSSR count). The molecule has 0 aliphatic rings. The Labute approximate surface area is 138 Å². The van der Waals surface area contributed by atoms with Gasteiger partial charge in [-0.1, -0.05) is 20.3 Å². The number of carbonyl (C=O) groups excluding carboxylic acids is 1. The highest BCUT2D eigenvalue weighted by Crippen LogP contribution is 2.21. The molecule has 0 bridgehead atoms. The van der Waals surface area contributed by atoms with Gasteiger partial charge in [0.2, 0.25) is 15.9 Å². The van der Waals surface area contributed by atoms with Gasteiger partial charge in [0.25, 0.3) is 0 Å². The van der Waals surface area contributed by atoms with Crippen molar-refractivity contribution in [1.82, 2.24) is 10.0 Å². The van der Waals surface area contributed by atoms with Crippen LogP contribution in [0.4, 0.5) is 0 Å². The number of hydrogen-bond acceptors (Lipinski definition) is 4. The van der Waals surface area contributed by atoms with E-state index in [1.165, 1.54) is 6.07 Å². The van der Waals surface area contributed by atoms with Crippen molar-refractivity contribution in [1.29, 1.82) is 0 Å². The molecule has 23 heavy (non-hydrogen) atoms. The number of carbonyl (C=O) groups is 1. The molecule has 1 aromatic carbocycles. The Bertz CT molecular complexity index is 615. The SMILES string of the molecule is CCCCC(=O)NCCOc1ccc(S(=O)(=O)NCC)cc1C. The number of aryl methyl sites for hydroxylation is 1. The molecule has 1 aromatic rings. The fourth-order valence-electron chi connectivity index (χ4n) is 2.00. The zero-order valence-electron chi connectivity index (χ0n) is 14.0. The zero-order valence-corrected chi connectivity index (χ0v) is 14.8. The van der Waals surface area contributed by atoms with Gasteiger partial charge in [0.05, 0.1) is 11.4 Å². The number of hydrogen-bond donors (Lipinski definition) is 2. The van der Waals surface area contributed by atoms with Crippen molar-refractivity contribution >= 4 is 15.9 Å². The maximum atomic E-state index is 11.9. The molecule has 0 aliphatic heterocycles. The largest absolute Gasteiger partial charge is 0.491 e. The summed E-state index contributed by atoms with van der Waals surface area (Å²) in [6, 6.07) is 4.73. The lowest BCUT2D eigenvalue weighted by molar-refractivity contribution is -0.121. The lowest BCUT2D eigenvalue weighted by atomic mass is 10.2. The molecule has 7 heteroatoms. The number of amides is 1. The molecule has 1 amide bonds. The minimum Gasteiger partial charge on any atom is -0.491 e. The van der Waals surface area contributed by atoms with E-state index in [-0.39, 0.29) is 10.8 Å². The first-order valence-electron chi connectivity index (χ1n) is 7.90. The maximum Gasteiger partial charge on any atom is 0.240 e. The van der Waals surface area contributed by atoms with Gasteiger partial charge in [-0.3, -0.25) is 4.79 Å². The molecule has 0 atom stereocenters. The summed E-state index contributed by atoms with van der Waals surface area (Å²) in [5.74, 6) is 0.641. The van der Waals surface area contributed by atoms with E-state index >= 15 is 0 Å². The summed E-state index contributed by atoms with van der Waals surface area (Å²) in [6.07, 6.45) is 2.41. The van der Waals surface area contributed by atoms with Crippen LogP contribution < -0.4 is 14.8 Å². The summed E-state index contributed by atoms with van der Waals surface area (Å²) in [7, 11) is -3.46. The minimum atomic E-state index is -3.46. The predicted octanol–water partition coefficient (Wildman–Crippen LogP) is 1.98. The monoisotopic (exact) mass is 342 g/mol. The molecule has 0 heterocycles. The number of unbranched alkanes of at least 4 members (excludes halogenated alkanes) is 1. The van der Waals surface area contributed by atoms with Crippen molar-refractivity contribution in [2.24, 2.45) is 0 Å². The van der Waals surface area contributed by atoms with Gasteiger partial charge in [-0.15, -0.1) is 0 Å². The van der Waals surface area contributed by atoms with Gasteiger partial charge in [0.1, 0.15) is 12.4 Å². The summed E-state index contributed by atoms with van der Waals surface area (Å²) in [4.78, 5) is 11.7. The Morgan fingerprint density at radius 2 is 2.00 bits per heavy atom. The third-order valence-corrected chi connectivity index (χ3v) is 4.77. The fourth-order valence-corrected chi connectivity index (χ4v) is 3.13. The van der Waals surface area contributed by atoms with E-state index in [0.29, 0.717) is 31.9 Å². The zero-order chi connectivity index (χ0) is 17.3. The normalized spacial score (nSPS) is 11.3. The van der Waals surface area contributed by atoms with Gasteiger partial charge >= 0.3 is 0 Å². The van der Waals surface area contributed by atoms with Gasteiger partial charge in [0.15, 0.2) is 0 Å². The van der Waals surface area contributed by atoms with E-state index in [1.54, 1.807) is 26.0 Å². The average molecular weight is 342 g/mol. The van der Waals surface area contributed by atoms with E-state index in [9.17, 15) is 13.2 Å². The lowest BCUT2D eigenvalue weighted by Crippen LogP contribution is -2.27. The lowest BCUT2D eigenvalue weighted by Gasteiger charge is -2.12. The molecular weight excluding hydrogens is 316 g/mol. The molecule has 2 N–H and O–H groups in total. The van der Waals surface area contributed by atoms with E-state index < -0.39 is 10.0 Å². The first-order valence-corrected chi connectivity index (χ1v) is 9.38. The van der Waals surface area contributed by atoms with Crippen LogP contribution in [-0.2, 0) is 14.8 Å². The van der Waals surface area contributed by atoms with Crippen molar-refractivity contribution < 1.29 is 17.9 Å². The Kier molecular flexibility index (Phi) is 8.05. The molecule has 0 aromatic heterocycles. The number of benzene rings is 1. The van der Waals surface area contributed by atoms with Gasteiger partial charge < -0.3 is 10.1 Å². The number of rotatable bonds is 10. The maximum absolute atomic E-state index is 11.9. The third-order valence-electron chi connectivity index (χ3n) is 3.23. The molecule has 0 unspecified atom stereocenters. The number of nitrogens with one attached hydrogen (secondary N) is 2. The topological polar surface area (TPSA) is 84.5 Å². The van der Waals surface area contributed by atoms with Crippen molar-refractivity contribution in [3.8, 4) is 5.75 Å². The molecule has 0 aliphatic carbocycles. The van der Waals surface area contributed by atoms with Crippen LogP contribution in [0.15, 0.2) is 23.1 Å². The summed E-state index contributed by atoms with van der Waals surface area (Å²) in [5, 5.41) is 2.79. The molecular formula is C16H26N2O4S. The molecule has 0 saturated heterocycles. The summed E-state index contributed by atoms with van der Waals surface area (Å²) >= 11 is 0. The van der Waals surface area contributed by atoms with Crippen molar-refractivity contribution in [2.75, 3.05) is 19.7 Å². The molecule has 6 nitrogen and oxygen atoms in total. The van der Waals surface area contributed by atoms with Crippen LogP contribution in [0.25, 0.3) is 0 Å². The van der Waals surface area contributed by atoms with E-state index in [1.807, 2.05) is 6.92 Å². The summed E-state index contributed by atoms with van der Waals surface area (Å²) in [6.45, 7) is 6.69. The minimum absolute atomic E-state index is 0.0271. The second-order valence-corrected chi connectivity index (χ2v) is 7.00. The van der Waals surface area contributed by atoms with Gasteiger partial charge in [-0.2, -0.15) is 0 Å². The van der Waals surface area contributed by atoms with Crippen LogP contribution in [0, 0.1) is 6.92 Å². The summed E-state index contributed by atoms with van der Waals surface area (Å²) < 4.78 is 31.9. The standard InChI is InChI=1S/C16H26N2O4S/c1-4-6-7-16(19)17-10-11-22-15-9-8-14(12-13(15)3)23(20,21)18-5-2/h8-9,12,18H,4-7,10-11H2,1-3H3,(H,17,19). The van der Waals surface area contributed by atoms with E-state index in [0.717, 1.165) is 18.4 Å². The Balaban J connectivity index is 2.52. The van der Waals surface area contributed by atoms with Crippen LogP contribution in [0.2, 0.25) is 0 Å². The van der Waals surface area contributed by atoms with Gasteiger partial charge in [0, 0.05) is 13.0 Å². The van der Waals surface area contributed by atoms with Crippen LogP contribution in [0.1, 0.15) is 38.7 Å². The quantitative estimate of drug-likeness (QED) is 0.637. The highest BCUT2D eigenvalue weighted by atomic mass is 32.2. The first kappa shape index (κ1) is 19.4. The molecule has 130 valence electrons. The van der Waals surface area contributed by atoms with Gasteiger partial charge in [-0.05, 0) is 37.1 Å². The third kappa shape index (κ3) is 6.58. The Hall–Kier alpha value is -1.60. The van der Waals surface area contributed by atoms with Crippen molar-refractivity contribution in [3.05, 3.63) is 23.8 Å². The van der Waals surface area contributed by atoms with Crippen LogP contribution in [0.5, 0.6) is 5.75 Å². The second-order valence-electron chi connectivity index (χ2n) is 5.23. The molecule has 0 spiro atoms. The Morgan fingerprint density at radius 3 is 2.61 bits per heavy atom. The first-order chi connectivity index (χ1) is 10.9. The Morgan fingerprint density at radius 1 is 1.26 bits per heavy atom. The summed E-state index contributed by atoms with van der Waals surface area (Å²) in [5.41, 5.74) is 0.737. The van der Waals surface area contributed by atoms with Crippen LogP contribution in [0.3, 0.4) is 0 Å². The predicted molar refractivity (Wildman–Crippen MR) is 90.1 cm³/mol. The highest BCUT2D eigenvalue weighted by molar-refractivity contribution is 7.89. The molecule has 0 fully saturated rings. The van der Waals surface area contributed by atoms with Crippen molar-refractivity contribution in [3.63, 3.8) is 0 Å². The average Bonchev–Trinajstić information content (AvgIpc) is 2.50. The second kappa shape index (κ2) is 9.52.